The minimum Gasteiger partial charge on any atom is -0.394 e. The number of thiophene rings is 1. The summed E-state index contributed by atoms with van der Waals surface area (Å²) in [4.78, 5) is 26.6. The Hall–Kier alpha value is -3.31. The number of benzene rings is 1. The zero-order chi connectivity index (χ0) is 25.0. The zero-order valence-electron chi connectivity index (χ0n) is 19.6. The maximum atomic E-state index is 13.8. The summed E-state index contributed by atoms with van der Waals surface area (Å²) in [5.41, 5.74) is 2.32. The third-order valence-electron chi connectivity index (χ3n) is 6.63. The number of nitrogens with zero attached hydrogens (tertiary/aromatic N) is 5. The van der Waals surface area contributed by atoms with E-state index in [0.717, 1.165) is 32.5 Å². The first-order chi connectivity index (χ1) is 17.4. The molecule has 2 aliphatic heterocycles. The summed E-state index contributed by atoms with van der Waals surface area (Å²) in [7, 11) is 1.84. The summed E-state index contributed by atoms with van der Waals surface area (Å²) >= 11 is 7.75. The largest absolute Gasteiger partial charge is 0.394 e. The van der Waals surface area contributed by atoms with Gasteiger partial charge in [-0.15, -0.1) is 11.3 Å². The molecule has 6 rings (SSSR count). The number of amides is 1. The third-order valence-corrected chi connectivity index (χ3v) is 8.22. The van der Waals surface area contributed by atoms with Gasteiger partial charge in [0.05, 0.1) is 48.2 Å². The van der Waals surface area contributed by atoms with E-state index in [0.29, 0.717) is 29.7 Å². The molecular weight excluding hydrogens is 500 g/mol. The van der Waals surface area contributed by atoms with Crippen LogP contribution in [-0.4, -0.2) is 55.5 Å². The average molecular weight is 523 g/mol. The van der Waals surface area contributed by atoms with Gasteiger partial charge in [0.1, 0.15) is 11.4 Å². The second-order valence-electron chi connectivity index (χ2n) is 8.99. The first kappa shape index (κ1) is 23.1. The summed E-state index contributed by atoms with van der Waals surface area (Å²) in [5.74, 6) is 1.10. The smallest absolute Gasteiger partial charge is 0.256 e. The number of hydrogen-bond acceptors (Lipinski definition) is 8. The molecule has 1 spiro atoms. The van der Waals surface area contributed by atoms with E-state index in [2.05, 4.69) is 15.4 Å². The molecule has 3 aromatic heterocycles. The van der Waals surface area contributed by atoms with E-state index in [4.69, 9.17) is 21.3 Å². The van der Waals surface area contributed by atoms with E-state index < -0.39 is 11.6 Å². The molecule has 0 saturated carbocycles. The van der Waals surface area contributed by atoms with Crippen LogP contribution in [0, 0.1) is 6.92 Å². The van der Waals surface area contributed by atoms with Crippen LogP contribution in [0.3, 0.4) is 0 Å². The van der Waals surface area contributed by atoms with Gasteiger partial charge in [-0.05, 0) is 36.8 Å². The summed E-state index contributed by atoms with van der Waals surface area (Å²) in [6, 6.07) is 12.4. The molecule has 1 amide bonds. The van der Waals surface area contributed by atoms with Gasteiger partial charge in [0.15, 0.2) is 0 Å². The molecule has 1 fully saturated rings. The standard InChI is InChI=1S/C25H23ClN6O3S/c1-14-8-18(29-24(28-14)30-21-6-7-27-31(21)2)20-10-17-22(36-20)25(12-35-13-25)32(23(17)34)19(11-33)15-4-3-5-16(26)9-15/h3-10,19,33H,11-13H2,1-2H3,(H,28,29,30)/t19-/m1/s1. The fraction of sp³-hybridized carbons (Fsp3) is 0.280. The molecule has 2 aliphatic rings. The first-order valence-electron chi connectivity index (χ1n) is 11.4. The Labute approximate surface area is 216 Å². The number of halogens is 1. The highest BCUT2D eigenvalue weighted by molar-refractivity contribution is 7.16. The Bertz CT molecular complexity index is 1480. The molecule has 0 bridgehead atoms. The molecule has 11 heteroatoms. The molecule has 1 saturated heterocycles. The Kier molecular flexibility index (Phi) is 5.56. The van der Waals surface area contributed by atoms with Crippen molar-refractivity contribution in [2.24, 2.45) is 7.05 Å². The SMILES string of the molecule is Cc1cc(-c2cc3c(s2)C2(COC2)N([C@H](CO)c2cccc(Cl)c2)C3=O)nc(Nc2ccnn2C)n1. The van der Waals surface area contributed by atoms with Gasteiger partial charge in [-0.3, -0.25) is 9.48 Å². The number of carbonyl (C=O) groups is 1. The lowest BCUT2D eigenvalue weighted by atomic mass is 9.92. The monoisotopic (exact) mass is 522 g/mol. The number of aliphatic hydroxyl groups excluding tert-OH is 1. The minimum atomic E-state index is -0.622. The number of ether oxygens (including phenoxy) is 1. The molecular formula is C25H23ClN6O3S. The molecule has 0 unspecified atom stereocenters. The number of nitrogens with one attached hydrogen (secondary N) is 1. The van der Waals surface area contributed by atoms with Crippen LogP contribution in [0.1, 0.15) is 32.5 Å². The number of hydrogen-bond donors (Lipinski definition) is 2. The van der Waals surface area contributed by atoms with Crippen molar-refractivity contribution in [3.05, 3.63) is 75.4 Å². The van der Waals surface area contributed by atoms with Crippen molar-refractivity contribution in [1.29, 1.82) is 0 Å². The molecule has 36 heavy (non-hydrogen) atoms. The molecule has 0 aliphatic carbocycles. The number of anilines is 2. The number of aryl methyl sites for hydroxylation is 2. The highest BCUT2D eigenvalue weighted by Gasteiger charge is 2.58. The second-order valence-corrected chi connectivity index (χ2v) is 10.5. The summed E-state index contributed by atoms with van der Waals surface area (Å²) < 4.78 is 7.34. The van der Waals surface area contributed by atoms with E-state index in [1.54, 1.807) is 27.9 Å². The van der Waals surface area contributed by atoms with Gasteiger partial charge >= 0.3 is 0 Å². The van der Waals surface area contributed by atoms with Gasteiger partial charge < -0.3 is 20.1 Å². The van der Waals surface area contributed by atoms with Crippen molar-refractivity contribution in [2.45, 2.75) is 18.5 Å². The van der Waals surface area contributed by atoms with E-state index in [1.807, 2.05) is 44.3 Å². The molecule has 9 nitrogen and oxygen atoms in total. The normalized spacial score (nSPS) is 16.8. The zero-order valence-corrected chi connectivity index (χ0v) is 21.2. The molecule has 5 heterocycles. The summed E-state index contributed by atoms with van der Waals surface area (Å²) in [6.07, 6.45) is 1.70. The van der Waals surface area contributed by atoms with Crippen molar-refractivity contribution in [3.8, 4) is 10.6 Å². The van der Waals surface area contributed by atoms with E-state index in [1.165, 1.54) is 11.3 Å². The van der Waals surface area contributed by atoms with E-state index in [9.17, 15) is 9.90 Å². The van der Waals surface area contributed by atoms with Crippen molar-refractivity contribution >= 4 is 40.6 Å². The Morgan fingerprint density at radius 3 is 2.75 bits per heavy atom. The Morgan fingerprint density at radius 2 is 2.08 bits per heavy atom. The highest BCUT2D eigenvalue weighted by atomic mass is 35.5. The lowest BCUT2D eigenvalue weighted by Crippen LogP contribution is -2.58. The molecule has 4 aromatic rings. The molecule has 184 valence electrons. The van der Waals surface area contributed by atoms with Crippen molar-refractivity contribution in [3.63, 3.8) is 0 Å². The number of aliphatic hydroxyl groups is 1. The van der Waals surface area contributed by atoms with Crippen molar-refractivity contribution in [2.75, 3.05) is 25.1 Å². The van der Waals surface area contributed by atoms with E-state index in [-0.39, 0.29) is 12.5 Å². The van der Waals surface area contributed by atoms with Crippen molar-refractivity contribution in [1.82, 2.24) is 24.6 Å². The summed E-state index contributed by atoms with van der Waals surface area (Å²) in [5, 5.41) is 18.3. The van der Waals surface area contributed by atoms with E-state index >= 15 is 0 Å². The number of rotatable bonds is 6. The van der Waals surface area contributed by atoms with Crippen LogP contribution in [0.25, 0.3) is 10.6 Å². The minimum absolute atomic E-state index is 0.131. The van der Waals surface area contributed by atoms with Gasteiger partial charge in [0.25, 0.3) is 5.91 Å². The summed E-state index contributed by atoms with van der Waals surface area (Å²) in [6.45, 7) is 2.44. The van der Waals surface area contributed by atoms with Gasteiger partial charge in [0, 0.05) is 28.7 Å². The van der Waals surface area contributed by atoms with Crippen LogP contribution in [0.2, 0.25) is 5.02 Å². The quantitative estimate of drug-likeness (QED) is 0.393. The topological polar surface area (TPSA) is 105 Å². The van der Waals surface area contributed by atoms with Crippen LogP contribution in [0.4, 0.5) is 11.8 Å². The maximum absolute atomic E-state index is 13.8. The maximum Gasteiger partial charge on any atom is 0.256 e. The van der Waals surface area contributed by atoms with Crippen molar-refractivity contribution < 1.29 is 14.6 Å². The van der Waals surface area contributed by atoms with Gasteiger partial charge in [0.2, 0.25) is 5.95 Å². The number of aromatic nitrogens is 4. The van der Waals surface area contributed by atoms with Crippen LogP contribution in [0.15, 0.2) is 48.7 Å². The number of carbonyl (C=O) groups excluding carboxylic acids is 1. The average Bonchev–Trinajstić information content (AvgIpc) is 3.49. The van der Waals surface area contributed by atoms with Gasteiger partial charge in [-0.25, -0.2) is 9.97 Å². The molecule has 2 N–H and O–H groups in total. The second kappa shape index (κ2) is 8.67. The van der Waals surface area contributed by atoms with Gasteiger partial charge in [-0.1, -0.05) is 23.7 Å². The predicted molar refractivity (Wildman–Crippen MR) is 137 cm³/mol. The lowest BCUT2D eigenvalue weighted by Gasteiger charge is -2.48. The van der Waals surface area contributed by atoms with Gasteiger partial charge in [-0.2, -0.15) is 5.10 Å². The van der Waals surface area contributed by atoms with Crippen LogP contribution in [0.5, 0.6) is 0 Å². The fourth-order valence-electron chi connectivity index (χ4n) is 4.87. The molecule has 1 aromatic carbocycles. The van der Waals surface area contributed by atoms with Crippen LogP contribution < -0.4 is 5.32 Å². The molecule has 1 atom stereocenters. The highest BCUT2D eigenvalue weighted by Crippen LogP contribution is 2.53. The van der Waals surface area contributed by atoms with Crippen LogP contribution in [-0.2, 0) is 17.3 Å². The first-order valence-corrected chi connectivity index (χ1v) is 12.6. The number of fused-ring (bicyclic) bond motifs is 2. The Morgan fingerprint density at radius 1 is 1.25 bits per heavy atom. The fourth-order valence-corrected chi connectivity index (χ4v) is 6.34. The molecule has 0 radical (unpaired) electrons. The Balaban J connectivity index is 1.37. The lowest BCUT2D eigenvalue weighted by molar-refractivity contribution is -0.139. The third kappa shape index (κ3) is 3.60. The van der Waals surface area contributed by atoms with Crippen LogP contribution >= 0.6 is 22.9 Å². The predicted octanol–water partition coefficient (Wildman–Crippen LogP) is 4.06.